The van der Waals surface area contributed by atoms with Crippen LogP contribution < -0.4 is 20.5 Å². The number of nitrogens with zero attached hydrogens (tertiary/aromatic N) is 3. The Kier molecular flexibility index (Phi) is 7.04. The van der Waals surface area contributed by atoms with Gasteiger partial charge in [-0.05, 0) is 43.0 Å². The Labute approximate surface area is 194 Å². The number of rotatable bonds is 10. The number of aromatic amines is 1. The summed E-state index contributed by atoms with van der Waals surface area (Å²) in [6.45, 7) is 5.25. The van der Waals surface area contributed by atoms with Crippen LogP contribution >= 0.6 is 11.3 Å². The fourth-order valence-electron chi connectivity index (χ4n) is 3.47. The van der Waals surface area contributed by atoms with E-state index in [0.29, 0.717) is 23.1 Å². The summed E-state index contributed by atoms with van der Waals surface area (Å²) in [6, 6.07) is 9.97. The number of aryl methyl sites for hydroxylation is 1. The van der Waals surface area contributed by atoms with Gasteiger partial charge >= 0.3 is 5.76 Å². The van der Waals surface area contributed by atoms with Crippen LogP contribution in [0.15, 0.2) is 46.0 Å². The Morgan fingerprint density at radius 2 is 2.03 bits per heavy atom. The second-order valence-electron chi connectivity index (χ2n) is 7.13. The van der Waals surface area contributed by atoms with Crippen molar-refractivity contribution in [1.82, 2.24) is 20.1 Å². The van der Waals surface area contributed by atoms with Gasteiger partial charge in [-0.2, -0.15) is 0 Å². The Balaban J connectivity index is 1.50. The highest BCUT2D eigenvalue weighted by Crippen LogP contribution is 2.41. The molecule has 0 bridgehead atoms. The molecule has 0 saturated heterocycles. The molecule has 3 aromatic heterocycles. The van der Waals surface area contributed by atoms with E-state index in [9.17, 15) is 4.79 Å². The van der Waals surface area contributed by atoms with Crippen molar-refractivity contribution in [3.05, 3.63) is 58.3 Å². The van der Waals surface area contributed by atoms with E-state index in [2.05, 4.69) is 49.0 Å². The smallest absolute Gasteiger partial charge is 0.439 e. The highest BCUT2D eigenvalue weighted by Gasteiger charge is 2.18. The molecular weight excluding hydrogens is 442 g/mol. The van der Waals surface area contributed by atoms with Gasteiger partial charge in [-0.1, -0.05) is 18.1 Å². The molecule has 0 spiro atoms. The third-order valence-corrected chi connectivity index (χ3v) is 6.21. The number of hydrogen-bond acceptors (Lipinski definition) is 9. The van der Waals surface area contributed by atoms with Gasteiger partial charge < -0.3 is 14.8 Å². The van der Waals surface area contributed by atoms with Gasteiger partial charge in [0.15, 0.2) is 5.82 Å². The molecule has 0 fully saturated rings. The predicted octanol–water partition coefficient (Wildman–Crippen LogP) is 4.17. The lowest BCUT2D eigenvalue weighted by Crippen LogP contribution is -2.08. The van der Waals surface area contributed by atoms with Crippen LogP contribution in [0.5, 0.6) is 11.5 Å². The van der Waals surface area contributed by atoms with Gasteiger partial charge in [0.2, 0.25) is 0 Å². The summed E-state index contributed by atoms with van der Waals surface area (Å²) >= 11 is 1.41. The zero-order valence-corrected chi connectivity index (χ0v) is 19.5. The van der Waals surface area contributed by atoms with E-state index in [-0.39, 0.29) is 0 Å². The monoisotopic (exact) mass is 467 g/mol. The molecule has 10 heteroatoms. The van der Waals surface area contributed by atoms with Crippen molar-refractivity contribution in [3.63, 3.8) is 0 Å². The molecular formula is C23H25N5O4S. The Hall–Kier alpha value is -3.66. The van der Waals surface area contributed by atoms with E-state index < -0.39 is 5.76 Å². The first-order chi connectivity index (χ1) is 16.1. The summed E-state index contributed by atoms with van der Waals surface area (Å²) in [7, 11) is 1.68. The number of benzene rings is 1. The highest BCUT2D eigenvalue weighted by atomic mass is 32.1. The van der Waals surface area contributed by atoms with Crippen molar-refractivity contribution < 1.29 is 14.0 Å². The zero-order valence-electron chi connectivity index (χ0n) is 18.7. The molecule has 3 heterocycles. The lowest BCUT2D eigenvalue weighted by atomic mass is 10.0. The fraction of sp³-hybridized carbons (Fsp3) is 0.304. The molecule has 172 valence electrons. The molecule has 0 unspecified atom stereocenters. The van der Waals surface area contributed by atoms with E-state index in [0.717, 1.165) is 41.5 Å². The quantitative estimate of drug-likeness (QED) is 0.357. The van der Waals surface area contributed by atoms with E-state index in [4.69, 9.17) is 9.47 Å². The zero-order chi connectivity index (χ0) is 23.2. The molecule has 0 aliphatic heterocycles. The molecule has 4 rings (SSSR count). The van der Waals surface area contributed by atoms with Crippen LogP contribution in [0.2, 0.25) is 0 Å². The summed E-state index contributed by atoms with van der Waals surface area (Å²) in [6.07, 6.45) is 3.34. The fourth-order valence-corrected chi connectivity index (χ4v) is 4.48. The number of hydrogen-bond donors (Lipinski definition) is 2. The first kappa shape index (κ1) is 22.5. The van der Waals surface area contributed by atoms with Gasteiger partial charge in [-0.25, -0.2) is 14.8 Å². The number of H-pyrrole nitrogens is 1. The molecule has 0 atom stereocenters. The van der Waals surface area contributed by atoms with Crippen LogP contribution in [-0.2, 0) is 12.8 Å². The SMILES string of the molecule is CCOc1cc(-c2cc(NCCc3ccc(OC)cc3CC)ncn2)sc1-c1noc(=O)[nH]1. The molecule has 4 aromatic rings. The molecule has 2 N–H and O–H groups in total. The van der Waals surface area contributed by atoms with Crippen LogP contribution in [0.25, 0.3) is 21.3 Å². The van der Waals surface area contributed by atoms with Crippen molar-refractivity contribution in [2.75, 3.05) is 25.6 Å². The largest absolute Gasteiger partial charge is 0.497 e. The lowest BCUT2D eigenvalue weighted by Gasteiger charge is -2.11. The average molecular weight is 468 g/mol. The van der Waals surface area contributed by atoms with Gasteiger partial charge in [-0.15, -0.1) is 11.3 Å². The van der Waals surface area contributed by atoms with Crippen molar-refractivity contribution in [1.29, 1.82) is 0 Å². The molecule has 0 saturated carbocycles. The number of nitrogens with one attached hydrogen (secondary N) is 2. The second-order valence-corrected chi connectivity index (χ2v) is 8.19. The van der Waals surface area contributed by atoms with Gasteiger partial charge in [0.25, 0.3) is 0 Å². The van der Waals surface area contributed by atoms with Gasteiger partial charge in [0.05, 0.1) is 24.3 Å². The maximum Gasteiger partial charge on any atom is 0.439 e. The van der Waals surface area contributed by atoms with Crippen LogP contribution in [-0.4, -0.2) is 40.4 Å². The van der Waals surface area contributed by atoms with E-state index in [1.54, 1.807) is 7.11 Å². The second kappa shape index (κ2) is 10.3. The number of ether oxygens (including phenoxy) is 2. The van der Waals surface area contributed by atoms with Crippen LogP contribution in [0.4, 0.5) is 5.82 Å². The van der Waals surface area contributed by atoms with Crippen molar-refractivity contribution in [2.45, 2.75) is 26.7 Å². The van der Waals surface area contributed by atoms with E-state index in [1.807, 2.05) is 25.1 Å². The highest BCUT2D eigenvalue weighted by molar-refractivity contribution is 7.19. The number of thiophene rings is 1. The van der Waals surface area contributed by atoms with Crippen molar-refractivity contribution in [3.8, 4) is 32.8 Å². The predicted molar refractivity (Wildman–Crippen MR) is 127 cm³/mol. The average Bonchev–Trinajstić information content (AvgIpc) is 3.46. The summed E-state index contributed by atoms with van der Waals surface area (Å²) in [4.78, 5) is 24.2. The maximum atomic E-state index is 11.4. The molecule has 0 radical (unpaired) electrons. The molecule has 0 aliphatic rings. The normalized spacial score (nSPS) is 10.9. The van der Waals surface area contributed by atoms with Crippen LogP contribution in [0.3, 0.4) is 0 Å². The summed E-state index contributed by atoms with van der Waals surface area (Å²) < 4.78 is 15.7. The summed E-state index contributed by atoms with van der Waals surface area (Å²) in [5.41, 5.74) is 3.31. The molecule has 0 amide bonds. The summed E-state index contributed by atoms with van der Waals surface area (Å²) in [5, 5.41) is 7.16. The number of aromatic nitrogens is 4. The number of anilines is 1. The third-order valence-electron chi connectivity index (χ3n) is 5.07. The first-order valence-corrected chi connectivity index (χ1v) is 11.5. The molecule has 33 heavy (non-hydrogen) atoms. The molecule has 1 aromatic carbocycles. The van der Waals surface area contributed by atoms with Crippen molar-refractivity contribution in [2.24, 2.45) is 0 Å². The van der Waals surface area contributed by atoms with E-state index >= 15 is 0 Å². The minimum absolute atomic E-state index is 0.332. The third kappa shape index (κ3) is 5.23. The lowest BCUT2D eigenvalue weighted by molar-refractivity contribution is 0.342. The summed E-state index contributed by atoms with van der Waals surface area (Å²) in [5.74, 6) is 1.94. The minimum Gasteiger partial charge on any atom is -0.497 e. The maximum absolute atomic E-state index is 11.4. The molecule has 0 aliphatic carbocycles. The Bertz CT molecular complexity index is 1280. The van der Waals surface area contributed by atoms with Gasteiger partial charge in [0.1, 0.15) is 28.5 Å². The van der Waals surface area contributed by atoms with E-state index in [1.165, 1.54) is 28.8 Å². The van der Waals surface area contributed by atoms with Gasteiger partial charge in [-0.3, -0.25) is 9.51 Å². The van der Waals surface area contributed by atoms with Crippen LogP contribution in [0.1, 0.15) is 25.0 Å². The minimum atomic E-state index is -0.612. The molecule has 9 nitrogen and oxygen atoms in total. The number of methoxy groups -OCH3 is 1. The first-order valence-electron chi connectivity index (χ1n) is 10.7. The standard InChI is InChI=1S/C23H25N5O4S/c1-4-14-10-16(30-3)7-6-15(14)8-9-24-20-11-17(25-13-26-20)19-12-18(31-5-2)21(33-19)22-27-23(29)32-28-22/h6-7,10-13H,4-5,8-9H2,1-3H3,(H,24,25,26)(H,27,28,29). The Morgan fingerprint density at radius 1 is 1.15 bits per heavy atom. The van der Waals surface area contributed by atoms with Crippen molar-refractivity contribution >= 4 is 17.2 Å². The van der Waals surface area contributed by atoms with Crippen LogP contribution in [0, 0.1) is 0 Å². The Morgan fingerprint density at radius 3 is 2.76 bits per heavy atom. The van der Waals surface area contributed by atoms with Gasteiger partial charge in [0, 0.05) is 18.7 Å². The topological polar surface area (TPSA) is 115 Å².